The van der Waals surface area contributed by atoms with Gasteiger partial charge in [0, 0.05) is 36.0 Å². The van der Waals surface area contributed by atoms with Crippen LogP contribution < -0.4 is 10.9 Å². The van der Waals surface area contributed by atoms with Crippen LogP contribution >= 0.6 is 35.0 Å². The number of fused-ring (bicyclic) bond motifs is 1. The van der Waals surface area contributed by atoms with Gasteiger partial charge >= 0.3 is 0 Å². The van der Waals surface area contributed by atoms with E-state index in [0.717, 1.165) is 0 Å². The van der Waals surface area contributed by atoms with Crippen LogP contribution in [0.3, 0.4) is 0 Å². The van der Waals surface area contributed by atoms with Crippen LogP contribution in [0.2, 0.25) is 10.0 Å². The zero-order valence-electron chi connectivity index (χ0n) is 15.7. The molecular formula is C20H19Cl2N3O3S. The van der Waals surface area contributed by atoms with Crippen LogP contribution in [0, 0.1) is 0 Å². The van der Waals surface area contributed by atoms with Gasteiger partial charge in [-0.1, -0.05) is 47.1 Å². The summed E-state index contributed by atoms with van der Waals surface area (Å²) < 4.78 is 6.68. The first-order valence-corrected chi connectivity index (χ1v) is 10.6. The average molecular weight is 452 g/mol. The summed E-state index contributed by atoms with van der Waals surface area (Å²) in [5.74, 6) is -0.168. The van der Waals surface area contributed by atoms with Gasteiger partial charge in [0.2, 0.25) is 5.91 Å². The van der Waals surface area contributed by atoms with Crippen LogP contribution in [0.15, 0.2) is 52.4 Å². The number of rotatable bonds is 8. The van der Waals surface area contributed by atoms with Gasteiger partial charge in [-0.25, -0.2) is 4.98 Å². The minimum atomic E-state index is -0.251. The molecule has 3 aromatic rings. The van der Waals surface area contributed by atoms with Crippen LogP contribution in [0.1, 0.15) is 6.42 Å². The number of benzene rings is 2. The second-order valence-electron chi connectivity index (χ2n) is 6.21. The van der Waals surface area contributed by atoms with E-state index in [2.05, 4.69) is 10.3 Å². The number of halogens is 2. The van der Waals surface area contributed by atoms with Crippen LogP contribution in [0.5, 0.6) is 0 Å². The standard InChI is InChI=1S/C20H19Cl2N3O3S/c1-28-8-4-7-25-19(27)16-5-2-3-6-17(16)24-20(25)29-12-18(26)23-15-10-13(21)9-14(22)11-15/h2-3,5-6,9-11H,4,7-8,12H2,1H3,(H,23,26). The molecule has 152 valence electrons. The SMILES string of the molecule is COCCCn1c(SCC(=O)Nc2cc(Cl)cc(Cl)c2)nc2ccccc2c1=O. The molecule has 1 amide bonds. The third-order valence-corrected chi connectivity index (χ3v) is 5.45. The van der Waals surface area contributed by atoms with Crippen molar-refractivity contribution in [3.05, 3.63) is 62.9 Å². The number of amides is 1. The highest BCUT2D eigenvalue weighted by Gasteiger charge is 2.13. The lowest BCUT2D eigenvalue weighted by atomic mass is 10.2. The van der Waals surface area contributed by atoms with Crippen molar-refractivity contribution in [2.24, 2.45) is 0 Å². The molecule has 1 heterocycles. The summed E-state index contributed by atoms with van der Waals surface area (Å²) in [6.45, 7) is 0.984. The zero-order chi connectivity index (χ0) is 20.8. The molecule has 0 aliphatic carbocycles. The van der Waals surface area contributed by atoms with E-state index in [1.54, 1.807) is 48.1 Å². The largest absolute Gasteiger partial charge is 0.385 e. The van der Waals surface area contributed by atoms with Gasteiger partial charge in [-0.05, 0) is 36.8 Å². The Kier molecular flexibility index (Phi) is 7.55. The second-order valence-corrected chi connectivity index (χ2v) is 8.03. The number of methoxy groups -OCH3 is 1. The number of aromatic nitrogens is 2. The van der Waals surface area contributed by atoms with Gasteiger partial charge in [-0.15, -0.1) is 0 Å². The number of para-hydroxylation sites is 1. The summed E-state index contributed by atoms with van der Waals surface area (Å²) in [6.07, 6.45) is 0.664. The van der Waals surface area contributed by atoms with Crippen molar-refractivity contribution in [1.29, 1.82) is 0 Å². The molecule has 0 saturated carbocycles. The lowest BCUT2D eigenvalue weighted by molar-refractivity contribution is -0.113. The van der Waals surface area contributed by atoms with Crippen LogP contribution in [0.25, 0.3) is 10.9 Å². The lowest BCUT2D eigenvalue weighted by Gasteiger charge is -2.13. The van der Waals surface area contributed by atoms with Gasteiger partial charge in [0.05, 0.1) is 16.7 Å². The normalized spacial score (nSPS) is 11.0. The Hall–Kier alpha value is -2.06. The second kappa shape index (κ2) is 10.1. The van der Waals surface area contributed by atoms with Gasteiger partial charge in [-0.3, -0.25) is 14.2 Å². The molecule has 0 spiro atoms. The number of ether oxygens (including phenoxy) is 1. The van der Waals surface area contributed by atoms with Gasteiger partial charge in [0.25, 0.3) is 5.56 Å². The van der Waals surface area contributed by atoms with Gasteiger partial charge in [-0.2, -0.15) is 0 Å². The molecule has 1 aromatic heterocycles. The van der Waals surface area contributed by atoms with E-state index in [1.807, 2.05) is 6.07 Å². The first kappa shape index (κ1) is 21.6. The van der Waals surface area contributed by atoms with Crippen molar-refractivity contribution in [3.8, 4) is 0 Å². The summed E-state index contributed by atoms with van der Waals surface area (Å²) in [5.41, 5.74) is 0.985. The van der Waals surface area contributed by atoms with Crippen LogP contribution in [0.4, 0.5) is 5.69 Å². The number of hydrogen-bond donors (Lipinski definition) is 1. The molecule has 0 radical (unpaired) electrons. The molecule has 0 aliphatic heterocycles. The number of nitrogens with zero attached hydrogens (tertiary/aromatic N) is 2. The molecule has 0 aliphatic rings. The number of hydrogen-bond acceptors (Lipinski definition) is 5. The number of carbonyl (C=O) groups excluding carboxylic acids is 1. The number of anilines is 1. The number of thioether (sulfide) groups is 1. The summed E-state index contributed by atoms with van der Waals surface area (Å²) in [5, 5.41) is 4.66. The molecule has 9 heteroatoms. The van der Waals surface area contributed by atoms with Gasteiger partial charge < -0.3 is 10.1 Å². The minimum absolute atomic E-state index is 0.0825. The third-order valence-electron chi connectivity index (χ3n) is 4.04. The number of carbonyl (C=O) groups is 1. The van der Waals surface area contributed by atoms with E-state index < -0.39 is 0 Å². The van der Waals surface area contributed by atoms with E-state index in [1.165, 1.54) is 11.8 Å². The topological polar surface area (TPSA) is 73.2 Å². The first-order valence-electron chi connectivity index (χ1n) is 8.85. The molecule has 29 heavy (non-hydrogen) atoms. The maximum absolute atomic E-state index is 12.9. The predicted octanol–water partition coefficient (Wildman–Crippen LogP) is 4.47. The Bertz CT molecular complexity index is 1070. The highest BCUT2D eigenvalue weighted by atomic mass is 35.5. The highest BCUT2D eigenvalue weighted by Crippen LogP contribution is 2.23. The van der Waals surface area contributed by atoms with Gasteiger partial charge in [0.15, 0.2) is 5.16 Å². The van der Waals surface area contributed by atoms with E-state index in [4.69, 9.17) is 27.9 Å². The molecule has 0 saturated heterocycles. The first-order chi connectivity index (χ1) is 14.0. The summed E-state index contributed by atoms with van der Waals surface area (Å²) >= 11 is 13.1. The van der Waals surface area contributed by atoms with E-state index in [0.29, 0.717) is 51.4 Å². The molecule has 6 nitrogen and oxygen atoms in total. The van der Waals surface area contributed by atoms with Crippen molar-refractivity contribution in [2.45, 2.75) is 18.1 Å². The molecular weight excluding hydrogens is 433 g/mol. The fraction of sp³-hybridized carbons (Fsp3) is 0.250. The maximum atomic E-state index is 12.9. The fourth-order valence-corrected chi connectivity index (χ4v) is 4.13. The fourth-order valence-electron chi connectivity index (χ4n) is 2.78. The minimum Gasteiger partial charge on any atom is -0.385 e. The Morgan fingerprint density at radius 1 is 1.21 bits per heavy atom. The smallest absolute Gasteiger partial charge is 0.262 e. The van der Waals surface area contributed by atoms with Crippen molar-refractivity contribution in [1.82, 2.24) is 9.55 Å². The van der Waals surface area contributed by atoms with Crippen LogP contribution in [-0.4, -0.2) is 34.9 Å². The summed E-state index contributed by atoms with van der Waals surface area (Å²) in [6, 6.07) is 12.0. The summed E-state index contributed by atoms with van der Waals surface area (Å²) in [7, 11) is 1.61. The van der Waals surface area contributed by atoms with Crippen molar-refractivity contribution in [2.75, 3.05) is 24.8 Å². The van der Waals surface area contributed by atoms with Crippen molar-refractivity contribution >= 4 is 57.5 Å². The lowest BCUT2D eigenvalue weighted by Crippen LogP contribution is -2.25. The number of nitrogens with one attached hydrogen (secondary N) is 1. The summed E-state index contributed by atoms with van der Waals surface area (Å²) in [4.78, 5) is 29.9. The van der Waals surface area contributed by atoms with E-state index >= 15 is 0 Å². The van der Waals surface area contributed by atoms with Gasteiger partial charge in [0.1, 0.15) is 0 Å². The molecule has 2 aromatic carbocycles. The third kappa shape index (κ3) is 5.73. The zero-order valence-corrected chi connectivity index (χ0v) is 18.0. The maximum Gasteiger partial charge on any atom is 0.262 e. The van der Waals surface area contributed by atoms with Crippen molar-refractivity contribution < 1.29 is 9.53 Å². The molecule has 3 rings (SSSR count). The molecule has 1 N–H and O–H groups in total. The monoisotopic (exact) mass is 451 g/mol. The highest BCUT2D eigenvalue weighted by molar-refractivity contribution is 7.99. The Labute approximate surface area is 182 Å². The Morgan fingerprint density at radius 3 is 2.66 bits per heavy atom. The predicted molar refractivity (Wildman–Crippen MR) is 118 cm³/mol. The molecule has 0 atom stereocenters. The Balaban J connectivity index is 1.79. The molecule has 0 fully saturated rings. The van der Waals surface area contributed by atoms with E-state index in [9.17, 15) is 9.59 Å². The van der Waals surface area contributed by atoms with Crippen LogP contribution in [-0.2, 0) is 16.1 Å². The average Bonchev–Trinajstić information content (AvgIpc) is 2.67. The van der Waals surface area contributed by atoms with E-state index in [-0.39, 0.29) is 17.2 Å². The quantitative estimate of drug-likeness (QED) is 0.310. The molecule has 0 bridgehead atoms. The van der Waals surface area contributed by atoms with Crippen molar-refractivity contribution in [3.63, 3.8) is 0 Å². The molecule has 0 unspecified atom stereocenters. The Morgan fingerprint density at radius 2 is 1.93 bits per heavy atom.